The van der Waals surface area contributed by atoms with Gasteiger partial charge < -0.3 is 0 Å². The first kappa shape index (κ1) is 13.4. The summed E-state index contributed by atoms with van der Waals surface area (Å²) in [4.78, 5) is 0. The Labute approximate surface area is 98.8 Å². The van der Waals surface area contributed by atoms with Gasteiger partial charge in [-0.3, -0.25) is 5.84 Å². The zero-order valence-corrected chi connectivity index (χ0v) is 9.98. The zero-order valence-electron chi connectivity index (χ0n) is 9.23. The minimum absolute atomic E-state index is 0.0928. The number of hydrogen-bond acceptors (Lipinski definition) is 2. The van der Waals surface area contributed by atoms with Crippen LogP contribution in [-0.4, -0.2) is 11.4 Å². The predicted octanol–water partition coefficient (Wildman–Crippen LogP) is 2.51. The molecule has 90 valence electrons. The molecule has 0 aliphatic carbocycles. The molecule has 16 heavy (non-hydrogen) atoms. The van der Waals surface area contributed by atoms with Crippen molar-refractivity contribution in [2.45, 2.75) is 31.7 Å². The molecule has 0 aromatic heterocycles. The molecule has 1 aromatic carbocycles. The van der Waals surface area contributed by atoms with Gasteiger partial charge in [-0.15, -0.1) is 0 Å². The summed E-state index contributed by atoms with van der Waals surface area (Å²) in [5.74, 6) is 5.07. The van der Waals surface area contributed by atoms with Crippen molar-refractivity contribution >= 4 is 11.6 Å². The van der Waals surface area contributed by atoms with Crippen LogP contribution in [0.3, 0.4) is 0 Å². The molecule has 0 aliphatic rings. The van der Waals surface area contributed by atoms with Gasteiger partial charge in [-0.2, -0.15) is 8.78 Å². The summed E-state index contributed by atoms with van der Waals surface area (Å²) in [6.45, 7) is 3.83. The van der Waals surface area contributed by atoms with Crippen LogP contribution in [0, 0.1) is 13.8 Å². The Morgan fingerprint density at radius 1 is 1.31 bits per heavy atom. The predicted molar refractivity (Wildman–Crippen MR) is 61.5 cm³/mol. The van der Waals surface area contributed by atoms with Crippen LogP contribution in [-0.2, 0) is 6.42 Å². The van der Waals surface area contributed by atoms with Gasteiger partial charge in [-0.25, -0.2) is 5.43 Å². The summed E-state index contributed by atoms with van der Waals surface area (Å²) < 4.78 is 25.8. The van der Waals surface area contributed by atoms with Crippen molar-refractivity contribution in [2.24, 2.45) is 5.84 Å². The number of hydrogen-bond donors (Lipinski definition) is 2. The quantitative estimate of drug-likeness (QED) is 0.488. The minimum atomic E-state index is -3.35. The minimum Gasteiger partial charge on any atom is -0.271 e. The van der Waals surface area contributed by atoms with Gasteiger partial charge in [-0.05, 0) is 37.4 Å². The van der Waals surface area contributed by atoms with E-state index in [9.17, 15) is 8.78 Å². The second kappa shape index (κ2) is 5.08. The lowest BCUT2D eigenvalue weighted by Crippen LogP contribution is -2.46. The molecule has 1 unspecified atom stereocenters. The average Bonchev–Trinajstić information content (AvgIpc) is 2.10. The number of aryl methyl sites for hydroxylation is 2. The average molecular weight is 249 g/mol. The number of alkyl halides is 3. The van der Waals surface area contributed by atoms with Crippen molar-refractivity contribution in [3.8, 4) is 0 Å². The monoisotopic (exact) mass is 248 g/mol. The van der Waals surface area contributed by atoms with E-state index < -0.39 is 11.4 Å². The van der Waals surface area contributed by atoms with Crippen molar-refractivity contribution in [3.05, 3.63) is 34.9 Å². The molecule has 0 spiro atoms. The molecule has 0 saturated heterocycles. The molecule has 0 saturated carbocycles. The van der Waals surface area contributed by atoms with Gasteiger partial charge in [0, 0.05) is 0 Å². The highest BCUT2D eigenvalue weighted by atomic mass is 35.5. The highest BCUT2D eigenvalue weighted by Crippen LogP contribution is 2.26. The Bertz CT molecular complexity index is 343. The van der Waals surface area contributed by atoms with E-state index in [2.05, 4.69) is 0 Å². The first-order valence-corrected chi connectivity index (χ1v) is 5.30. The summed E-state index contributed by atoms with van der Waals surface area (Å²) in [5, 5.41) is -3.35. The third-order valence-electron chi connectivity index (χ3n) is 2.32. The Balaban J connectivity index is 2.86. The summed E-state index contributed by atoms with van der Waals surface area (Å²) in [6, 6.07) is 4.41. The second-order valence-electron chi connectivity index (χ2n) is 3.96. The third-order valence-corrected chi connectivity index (χ3v) is 2.58. The molecule has 1 aromatic rings. The Morgan fingerprint density at radius 3 is 2.19 bits per heavy atom. The van der Waals surface area contributed by atoms with Gasteiger partial charge in [0.25, 0.3) is 0 Å². The summed E-state index contributed by atoms with van der Waals surface area (Å²) in [7, 11) is 0. The zero-order chi connectivity index (χ0) is 12.3. The largest absolute Gasteiger partial charge is 0.338 e. The number of nitrogens with two attached hydrogens (primary N) is 1. The number of hydrazine groups is 1. The number of nitrogens with one attached hydrogen (secondary N) is 1. The second-order valence-corrected chi connectivity index (χ2v) is 4.46. The van der Waals surface area contributed by atoms with E-state index in [0.29, 0.717) is 0 Å². The fourth-order valence-electron chi connectivity index (χ4n) is 1.69. The molecule has 3 N–H and O–H groups in total. The van der Waals surface area contributed by atoms with Gasteiger partial charge >= 0.3 is 5.38 Å². The molecule has 0 heterocycles. The normalized spacial score (nSPS) is 13.9. The van der Waals surface area contributed by atoms with Crippen LogP contribution in [0.1, 0.15) is 16.7 Å². The molecule has 0 amide bonds. The molecule has 0 aliphatic heterocycles. The van der Waals surface area contributed by atoms with E-state index in [1.807, 2.05) is 37.5 Å². The molecule has 0 radical (unpaired) electrons. The number of rotatable bonds is 4. The van der Waals surface area contributed by atoms with E-state index in [4.69, 9.17) is 17.4 Å². The van der Waals surface area contributed by atoms with Crippen molar-refractivity contribution < 1.29 is 8.78 Å². The third kappa shape index (κ3) is 3.70. The lowest BCUT2D eigenvalue weighted by Gasteiger charge is -2.21. The lowest BCUT2D eigenvalue weighted by molar-refractivity contribution is 0.0502. The van der Waals surface area contributed by atoms with Gasteiger partial charge in [0.05, 0.1) is 0 Å². The first-order chi connectivity index (χ1) is 7.32. The topological polar surface area (TPSA) is 38.0 Å². The molecule has 5 heteroatoms. The van der Waals surface area contributed by atoms with Crippen molar-refractivity contribution in [1.29, 1.82) is 0 Å². The van der Waals surface area contributed by atoms with Crippen molar-refractivity contribution in [1.82, 2.24) is 5.43 Å². The van der Waals surface area contributed by atoms with E-state index in [1.54, 1.807) is 0 Å². The molecule has 0 fully saturated rings. The highest BCUT2D eigenvalue weighted by Gasteiger charge is 2.36. The molecule has 0 bridgehead atoms. The highest BCUT2D eigenvalue weighted by molar-refractivity contribution is 6.22. The van der Waals surface area contributed by atoms with Crippen molar-refractivity contribution in [2.75, 3.05) is 0 Å². The van der Waals surface area contributed by atoms with Gasteiger partial charge in [0.15, 0.2) is 0 Å². The molecule has 2 nitrogen and oxygen atoms in total. The van der Waals surface area contributed by atoms with Crippen LogP contribution in [0.4, 0.5) is 8.78 Å². The Morgan fingerprint density at radius 2 is 1.81 bits per heavy atom. The summed E-state index contributed by atoms with van der Waals surface area (Å²) in [5.41, 5.74) is 4.90. The molecular weight excluding hydrogens is 234 g/mol. The maximum absolute atomic E-state index is 12.9. The first-order valence-electron chi connectivity index (χ1n) is 4.93. The van der Waals surface area contributed by atoms with Crippen LogP contribution < -0.4 is 11.3 Å². The van der Waals surface area contributed by atoms with E-state index in [1.165, 1.54) is 0 Å². The lowest BCUT2D eigenvalue weighted by atomic mass is 10.0. The van der Waals surface area contributed by atoms with Gasteiger partial charge in [0.2, 0.25) is 0 Å². The molecule has 1 rings (SSSR count). The van der Waals surface area contributed by atoms with Gasteiger partial charge in [0.1, 0.15) is 6.04 Å². The molecule has 1 atom stereocenters. The van der Waals surface area contributed by atoms with E-state index in [-0.39, 0.29) is 6.42 Å². The van der Waals surface area contributed by atoms with Crippen LogP contribution in [0.5, 0.6) is 0 Å². The van der Waals surface area contributed by atoms with Crippen LogP contribution >= 0.6 is 11.6 Å². The maximum Gasteiger partial charge on any atom is 0.338 e. The van der Waals surface area contributed by atoms with Gasteiger partial charge in [-0.1, -0.05) is 29.3 Å². The summed E-state index contributed by atoms with van der Waals surface area (Å²) in [6.07, 6.45) is 0.0928. The smallest absolute Gasteiger partial charge is 0.271 e. The number of benzene rings is 1. The van der Waals surface area contributed by atoms with Crippen molar-refractivity contribution in [3.63, 3.8) is 0 Å². The standard InChI is InChI=1S/C11H15ClF2N2/c1-7-3-8(2)5-9(4-7)6-10(16-15)11(12,13)14/h3-5,10,16H,6,15H2,1-2H3. The number of halogens is 3. The van der Waals surface area contributed by atoms with Crippen LogP contribution in [0.15, 0.2) is 18.2 Å². The SMILES string of the molecule is Cc1cc(C)cc(CC(NN)C(F)(F)Cl)c1. The molecular formula is C11H15ClF2N2. The fourth-order valence-corrected chi connectivity index (χ4v) is 1.83. The van der Waals surface area contributed by atoms with E-state index in [0.717, 1.165) is 16.7 Å². The summed E-state index contributed by atoms with van der Waals surface area (Å²) >= 11 is 4.95. The Kier molecular flexibility index (Phi) is 4.24. The van der Waals surface area contributed by atoms with Crippen LogP contribution in [0.25, 0.3) is 0 Å². The van der Waals surface area contributed by atoms with E-state index >= 15 is 0 Å². The maximum atomic E-state index is 12.9. The van der Waals surface area contributed by atoms with Crippen LogP contribution in [0.2, 0.25) is 0 Å². The fraction of sp³-hybridized carbons (Fsp3) is 0.455. The Hall–Kier alpha value is -0.710.